The Hall–Kier alpha value is -0.0800. The Morgan fingerprint density at radius 3 is 2.65 bits per heavy atom. The van der Waals surface area contributed by atoms with E-state index < -0.39 is 0 Å². The average Bonchev–Trinajstić information content (AvgIpc) is 3.09. The zero-order chi connectivity index (χ0) is 11.7. The molecule has 0 bridgehead atoms. The number of rotatable bonds is 3. The lowest BCUT2D eigenvalue weighted by molar-refractivity contribution is 0.122. The van der Waals surface area contributed by atoms with E-state index in [1.165, 1.54) is 64.5 Å². The van der Waals surface area contributed by atoms with Gasteiger partial charge >= 0.3 is 0 Å². The van der Waals surface area contributed by atoms with Gasteiger partial charge in [0.1, 0.15) is 0 Å². The lowest BCUT2D eigenvalue weighted by Gasteiger charge is -2.37. The second-order valence-electron chi connectivity index (χ2n) is 6.32. The van der Waals surface area contributed by atoms with Gasteiger partial charge in [0.15, 0.2) is 0 Å². The van der Waals surface area contributed by atoms with E-state index in [9.17, 15) is 0 Å². The molecule has 98 valence electrons. The Kier molecular flexibility index (Phi) is 3.72. The van der Waals surface area contributed by atoms with E-state index in [4.69, 9.17) is 0 Å². The third kappa shape index (κ3) is 2.26. The van der Waals surface area contributed by atoms with Crippen LogP contribution in [0.1, 0.15) is 58.3 Å². The van der Waals surface area contributed by atoms with Crippen LogP contribution in [0.15, 0.2) is 0 Å². The maximum Gasteiger partial charge on any atom is 0.0252 e. The third-order valence-electron chi connectivity index (χ3n) is 5.47. The van der Waals surface area contributed by atoms with Crippen LogP contribution in [-0.2, 0) is 0 Å². The molecule has 4 unspecified atom stereocenters. The Morgan fingerprint density at radius 1 is 1.00 bits per heavy atom. The first-order valence-electron chi connectivity index (χ1n) is 7.89. The summed E-state index contributed by atoms with van der Waals surface area (Å²) in [5.74, 6) is 0.997. The highest BCUT2D eigenvalue weighted by molar-refractivity contribution is 4.97. The molecule has 0 amide bonds. The normalized spacial score (nSPS) is 43.6. The predicted octanol–water partition coefficient (Wildman–Crippen LogP) is 2.78. The highest BCUT2D eigenvalue weighted by atomic mass is 15.2. The fraction of sp³-hybridized carbons (Fsp3) is 1.00. The minimum atomic E-state index is 0.815. The average molecular weight is 236 g/mol. The molecule has 2 nitrogen and oxygen atoms in total. The standard InChI is InChI=1S/C15H28N2/c1-2-12-6-3-8-14(12)17-11-5-9-15(17)13-7-4-10-16-13/h12-16H,2-11H2,1H3. The van der Waals surface area contributed by atoms with Crippen LogP contribution in [0.25, 0.3) is 0 Å². The van der Waals surface area contributed by atoms with Gasteiger partial charge in [-0.3, -0.25) is 4.90 Å². The van der Waals surface area contributed by atoms with Crippen LogP contribution in [0.2, 0.25) is 0 Å². The molecule has 0 radical (unpaired) electrons. The summed E-state index contributed by atoms with van der Waals surface area (Å²) in [6.45, 7) is 5.03. The van der Waals surface area contributed by atoms with Gasteiger partial charge in [0.2, 0.25) is 0 Å². The molecule has 0 spiro atoms. The zero-order valence-electron chi connectivity index (χ0n) is 11.3. The van der Waals surface area contributed by atoms with Gasteiger partial charge in [-0.1, -0.05) is 19.8 Å². The lowest BCUT2D eigenvalue weighted by atomic mass is 9.96. The summed E-state index contributed by atoms with van der Waals surface area (Å²) < 4.78 is 0. The van der Waals surface area contributed by atoms with Crippen LogP contribution in [-0.4, -0.2) is 36.1 Å². The minimum absolute atomic E-state index is 0.815. The van der Waals surface area contributed by atoms with Gasteiger partial charge in [-0.15, -0.1) is 0 Å². The van der Waals surface area contributed by atoms with Crippen LogP contribution in [0, 0.1) is 5.92 Å². The second-order valence-corrected chi connectivity index (χ2v) is 6.32. The maximum absolute atomic E-state index is 3.74. The highest BCUT2D eigenvalue weighted by Gasteiger charge is 2.40. The van der Waals surface area contributed by atoms with Gasteiger partial charge in [0.05, 0.1) is 0 Å². The highest BCUT2D eigenvalue weighted by Crippen LogP contribution is 2.37. The molecule has 2 heterocycles. The van der Waals surface area contributed by atoms with Gasteiger partial charge in [0, 0.05) is 18.1 Å². The van der Waals surface area contributed by atoms with Crippen molar-refractivity contribution in [2.75, 3.05) is 13.1 Å². The molecule has 3 fully saturated rings. The lowest BCUT2D eigenvalue weighted by Crippen LogP contribution is -2.49. The first-order valence-corrected chi connectivity index (χ1v) is 7.89. The van der Waals surface area contributed by atoms with Crippen molar-refractivity contribution in [2.24, 2.45) is 5.92 Å². The fourth-order valence-corrected chi connectivity index (χ4v) is 4.63. The Bertz CT molecular complexity index is 247. The van der Waals surface area contributed by atoms with Crippen molar-refractivity contribution in [3.8, 4) is 0 Å². The third-order valence-corrected chi connectivity index (χ3v) is 5.47. The molecule has 2 saturated heterocycles. The minimum Gasteiger partial charge on any atom is -0.312 e. The number of nitrogens with zero attached hydrogens (tertiary/aromatic N) is 1. The fourth-order valence-electron chi connectivity index (χ4n) is 4.63. The molecule has 17 heavy (non-hydrogen) atoms. The van der Waals surface area contributed by atoms with Gasteiger partial charge in [-0.25, -0.2) is 0 Å². The van der Waals surface area contributed by atoms with Crippen LogP contribution in [0.4, 0.5) is 0 Å². The molecule has 0 aromatic rings. The topological polar surface area (TPSA) is 15.3 Å². The molecular weight excluding hydrogens is 208 g/mol. The zero-order valence-corrected chi connectivity index (χ0v) is 11.3. The second kappa shape index (κ2) is 5.27. The summed E-state index contributed by atoms with van der Waals surface area (Å²) in [6.07, 6.45) is 11.5. The summed E-state index contributed by atoms with van der Waals surface area (Å²) in [4.78, 5) is 2.91. The molecule has 3 rings (SSSR count). The van der Waals surface area contributed by atoms with Gasteiger partial charge in [0.25, 0.3) is 0 Å². The molecule has 2 heteroatoms. The quantitative estimate of drug-likeness (QED) is 0.810. The first-order chi connectivity index (χ1) is 8.40. The summed E-state index contributed by atoms with van der Waals surface area (Å²) in [5.41, 5.74) is 0. The van der Waals surface area contributed by atoms with Crippen LogP contribution in [0.5, 0.6) is 0 Å². The van der Waals surface area contributed by atoms with E-state index in [2.05, 4.69) is 17.1 Å². The maximum atomic E-state index is 3.74. The van der Waals surface area contributed by atoms with Gasteiger partial charge < -0.3 is 5.32 Å². The summed E-state index contributed by atoms with van der Waals surface area (Å²) in [6, 6.07) is 2.61. The number of hydrogen-bond acceptors (Lipinski definition) is 2. The van der Waals surface area contributed by atoms with Crippen LogP contribution in [0.3, 0.4) is 0 Å². The Balaban J connectivity index is 1.68. The molecular formula is C15H28N2. The molecule has 3 aliphatic rings. The molecule has 0 aromatic carbocycles. The van der Waals surface area contributed by atoms with Crippen molar-refractivity contribution in [1.82, 2.24) is 10.2 Å². The number of likely N-dealkylation sites (tertiary alicyclic amines) is 1. The smallest absolute Gasteiger partial charge is 0.0252 e. The monoisotopic (exact) mass is 236 g/mol. The molecule has 1 saturated carbocycles. The molecule has 2 aliphatic heterocycles. The summed E-state index contributed by atoms with van der Waals surface area (Å²) in [7, 11) is 0. The van der Waals surface area contributed by atoms with Crippen molar-refractivity contribution >= 4 is 0 Å². The van der Waals surface area contributed by atoms with E-state index in [0.717, 1.165) is 24.0 Å². The van der Waals surface area contributed by atoms with E-state index in [-0.39, 0.29) is 0 Å². The first kappa shape index (κ1) is 12.0. The van der Waals surface area contributed by atoms with Crippen LogP contribution < -0.4 is 5.32 Å². The van der Waals surface area contributed by atoms with Crippen molar-refractivity contribution < 1.29 is 0 Å². The molecule has 0 aromatic heterocycles. The summed E-state index contributed by atoms with van der Waals surface area (Å²) in [5, 5.41) is 3.74. The van der Waals surface area contributed by atoms with Gasteiger partial charge in [-0.2, -0.15) is 0 Å². The molecule has 1 aliphatic carbocycles. The van der Waals surface area contributed by atoms with Crippen molar-refractivity contribution in [3.63, 3.8) is 0 Å². The number of hydrogen-bond donors (Lipinski definition) is 1. The molecule has 4 atom stereocenters. The predicted molar refractivity (Wildman–Crippen MR) is 72.2 cm³/mol. The SMILES string of the molecule is CCC1CCCC1N1CCCC1C1CCCN1. The van der Waals surface area contributed by atoms with Crippen molar-refractivity contribution in [2.45, 2.75) is 76.4 Å². The Labute approximate surface area is 106 Å². The van der Waals surface area contributed by atoms with Crippen molar-refractivity contribution in [3.05, 3.63) is 0 Å². The number of nitrogens with one attached hydrogen (secondary N) is 1. The van der Waals surface area contributed by atoms with E-state index in [1.807, 2.05) is 0 Å². The summed E-state index contributed by atoms with van der Waals surface area (Å²) >= 11 is 0. The van der Waals surface area contributed by atoms with E-state index in [1.54, 1.807) is 0 Å². The Morgan fingerprint density at radius 2 is 1.88 bits per heavy atom. The van der Waals surface area contributed by atoms with E-state index in [0.29, 0.717) is 0 Å². The van der Waals surface area contributed by atoms with E-state index >= 15 is 0 Å². The van der Waals surface area contributed by atoms with Crippen LogP contribution >= 0.6 is 0 Å². The van der Waals surface area contributed by atoms with Crippen molar-refractivity contribution in [1.29, 1.82) is 0 Å². The largest absolute Gasteiger partial charge is 0.312 e. The van der Waals surface area contributed by atoms with Gasteiger partial charge in [-0.05, 0) is 57.5 Å². The molecule has 1 N–H and O–H groups in total.